The van der Waals surface area contributed by atoms with Gasteiger partial charge in [0.25, 0.3) is 0 Å². The molecule has 6 rings (SSSR count). The maximum Gasteiger partial charge on any atom is 0.239 e. The number of nitrogens with one attached hydrogen (secondary N) is 2. The number of morpholine rings is 1. The summed E-state index contributed by atoms with van der Waals surface area (Å²) < 4.78 is 5.62. The molecule has 140 valence electrons. The zero-order valence-electron chi connectivity index (χ0n) is 15.7. The van der Waals surface area contributed by atoms with E-state index in [1.54, 1.807) is 0 Å². The van der Waals surface area contributed by atoms with Gasteiger partial charge in [0.2, 0.25) is 5.91 Å². The first-order valence-corrected chi connectivity index (χ1v) is 10.0. The molecule has 1 amide bonds. The minimum atomic E-state index is -0.251. The molecule has 3 atom stereocenters. The molecule has 3 aliphatic carbocycles. The van der Waals surface area contributed by atoms with Gasteiger partial charge in [-0.15, -0.1) is 0 Å². The molecule has 0 radical (unpaired) electrons. The molecule has 27 heavy (non-hydrogen) atoms. The molecule has 0 spiro atoms. The van der Waals surface area contributed by atoms with Gasteiger partial charge in [-0.25, -0.2) is 0 Å². The molecule has 1 saturated heterocycles. The monoisotopic (exact) mass is 362 g/mol. The summed E-state index contributed by atoms with van der Waals surface area (Å²) in [6, 6.07) is 17.4. The number of fused-ring (bicyclic) bond motifs is 1. The van der Waals surface area contributed by atoms with E-state index in [0.29, 0.717) is 30.9 Å². The van der Waals surface area contributed by atoms with E-state index in [1.165, 1.54) is 22.3 Å². The molecule has 4 nitrogen and oxygen atoms in total. The smallest absolute Gasteiger partial charge is 0.239 e. The molecular weight excluding hydrogens is 336 g/mol. The molecular formula is C23H26N2O2. The van der Waals surface area contributed by atoms with E-state index in [-0.39, 0.29) is 18.1 Å². The van der Waals surface area contributed by atoms with Gasteiger partial charge in [0, 0.05) is 24.9 Å². The highest BCUT2D eigenvalue weighted by Crippen LogP contribution is 2.55. The third-order valence-electron chi connectivity index (χ3n) is 6.56. The van der Waals surface area contributed by atoms with Crippen LogP contribution in [0.2, 0.25) is 0 Å². The lowest BCUT2D eigenvalue weighted by atomic mass is 9.59. The number of hydrogen-bond acceptors (Lipinski definition) is 3. The average molecular weight is 362 g/mol. The Hall–Kier alpha value is -2.17. The Morgan fingerprint density at radius 2 is 1.70 bits per heavy atom. The number of ether oxygens (including phenoxy) is 1. The Morgan fingerprint density at radius 1 is 1.07 bits per heavy atom. The molecule has 1 aliphatic heterocycles. The predicted octanol–water partition coefficient (Wildman–Crippen LogP) is 2.78. The quantitative estimate of drug-likeness (QED) is 0.883. The summed E-state index contributed by atoms with van der Waals surface area (Å²) in [6.07, 6.45) is 1.02. The fourth-order valence-electron chi connectivity index (χ4n) is 5.33. The number of benzene rings is 2. The van der Waals surface area contributed by atoms with E-state index in [9.17, 15) is 4.79 Å². The summed E-state index contributed by atoms with van der Waals surface area (Å²) >= 11 is 0. The van der Waals surface area contributed by atoms with Crippen LogP contribution < -0.4 is 10.6 Å². The first-order valence-electron chi connectivity index (χ1n) is 10.0. The molecule has 2 aromatic rings. The summed E-state index contributed by atoms with van der Waals surface area (Å²) in [5.74, 6) is 1.31. The largest absolute Gasteiger partial charge is 0.375 e. The zero-order chi connectivity index (χ0) is 18.4. The summed E-state index contributed by atoms with van der Waals surface area (Å²) in [5.41, 5.74) is 5.83. The van der Waals surface area contributed by atoms with E-state index in [0.717, 1.165) is 13.0 Å². The summed E-state index contributed by atoms with van der Waals surface area (Å²) in [7, 11) is 0. The van der Waals surface area contributed by atoms with Gasteiger partial charge in [0.1, 0.15) is 6.04 Å². The maximum atomic E-state index is 12.7. The van der Waals surface area contributed by atoms with Crippen LogP contribution in [0.3, 0.4) is 0 Å². The second-order valence-corrected chi connectivity index (χ2v) is 8.04. The first-order chi connectivity index (χ1) is 13.2. The first kappa shape index (κ1) is 17.0. The van der Waals surface area contributed by atoms with Crippen molar-refractivity contribution in [2.75, 3.05) is 19.7 Å². The van der Waals surface area contributed by atoms with Crippen molar-refractivity contribution in [2.45, 2.75) is 37.3 Å². The molecule has 1 unspecified atom stereocenters. The number of amides is 1. The van der Waals surface area contributed by atoms with Crippen LogP contribution in [-0.4, -0.2) is 37.7 Å². The fraction of sp³-hybridized carbons (Fsp3) is 0.435. The minimum Gasteiger partial charge on any atom is -0.375 e. The molecule has 4 heteroatoms. The van der Waals surface area contributed by atoms with Gasteiger partial charge >= 0.3 is 0 Å². The molecule has 0 saturated carbocycles. The van der Waals surface area contributed by atoms with E-state index < -0.39 is 0 Å². The number of carbonyl (C=O) groups is 1. The molecule has 2 aromatic carbocycles. The lowest BCUT2D eigenvalue weighted by Gasteiger charge is -2.45. The van der Waals surface area contributed by atoms with Crippen molar-refractivity contribution < 1.29 is 9.53 Å². The SMILES string of the molecule is C[C@H]1OCCN[C@@H]1C(=O)NCC1CC2c3ccccc3C1c1ccccc12. The van der Waals surface area contributed by atoms with Gasteiger partial charge in [0.15, 0.2) is 0 Å². The summed E-state index contributed by atoms with van der Waals surface area (Å²) in [5, 5.41) is 6.50. The van der Waals surface area contributed by atoms with Crippen molar-refractivity contribution in [3.63, 3.8) is 0 Å². The molecule has 2 bridgehead atoms. The lowest BCUT2D eigenvalue weighted by molar-refractivity contribution is -0.129. The predicted molar refractivity (Wildman–Crippen MR) is 105 cm³/mol. The standard InChI is InChI=1S/C23H26N2O2/c1-14-22(24-10-11-27-14)23(26)25-13-15-12-20-16-6-2-4-8-18(16)21(15)19-9-5-3-7-17(19)20/h2-9,14-15,20-22,24H,10-13H2,1H3,(H,25,26)/t14-,15?,20?,21?,22+/m1/s1. The van der Waals surface area contributed by atoms with Crippen LogP contribution in [0.15, 0.2) is 48.5 Å². The second-order valence-electron chi connectivity index (χ2n) is 8.04. The van der Waals surface area contributed by atoms with Gasteiger partial charge in [-0.3, -0.25) is 4.79 Å². The van der Waals surface area contributed by atoms with Crippen LogP contribution in [0, 0.1) is 5.92 Å². The molecule has 1 heterocycles. The average Bonchev–Trinajstić information content (AvgIpc) is 2.72. The van der Waals surface area contributed by atoms with Gasteiger partial charge < -0.3 is 15.4 Å². The molecule has 4 aliphatic rings. The highest BCUT2D eigenvalue weighted by atomic mass is 16.5. The topological polar surface area (TPSA) is 50.4 Å². The number of carbonyl (C=O) groups excluding carboxylic acids is 1. The highest BCUT2D eigenvalue weighted by molar-refractivity contribution is 5.82. The summed E-state index contributed by atoms with van der Waals surface area (Å²) in [4.78, 5) is 12.7. The van der Waals surface area contributed by atoms with Crippen molar-refractivity contribution in [1.82, 2.24) is 10.6 Å². The van der Waals surface area contributed by atoms with Crippen LogP contribution in [0.25, 0.3) is 0 Å². The Labute approximate surface area is 160 Å². The van der Waals surface area contributed by atoms with E-state index >= 15 is 0 Å². The Morgan fingerprint density at radius 3 is 2.33 bits per heavy atom. The Balaban J connectivity index is 1.38. The van der Waals surface area contributed by atoms with Gasteiger partial charge in [-0.2, -0.15) is 0 Å². The Bertz CT molecular complexity index is 817. The third kappa shape index (κ3) is 2.79. The van der Waals surface area contributed by atoms with E-state index in [4.69, 9.17) is 4.74 Å². The summed E-state index contributed by atoms with van der Waals surface area (Å²) in [6.45, 7) is 4.08. The molecule has 1 fully saturated rings. The van der Waals surface area contributed by atoms with Crippen molar-refractivity contribution in [1.29, 1.82) is 0 Å². The van der Waals surface area contributed by atoms with Gasteiger partial charge in [0.05, 0.1) is 12.7 Å². The third-order valence-corrected chi connectivity index (χ3v) is 6.56. The lowest BCUT2D eigenvalue weighted by Crippen LogP contribution is -2.56. The van der Waals surface area contributed by atoms with Crippen LogP contribution in [0.5, 0.6) is 0 Å². The fourth-order valence-corrected chi connectivity index (χ4v) is 5.33. The van der Waals surface area contributed by atoms with Crippen LogP contribution >= 0.6 is 0 Å². The van der Waals surface area contributed by atoms with E-state index in [2.05, 4.69) is 59.2 Å². The minimum absolute atomic E-state index is 0.0604. The molecule has 0 aromatic heterocycles. The van der Waals surface area contributed by atoms with Crippen molar-refractivity contribution >= 4 is 5.91 Å². The van der Waals surface area contributed by atoms with Crippen LogP contribution in [-0.2, 0) is 9.53 Å². The number of rotatable bonds is 3. The normalized spacial score (nSPS) is 31.1. The second kappa shape index (κ2) is 6.77. The van der Waals surface area contributed by atoms with Gasteiger partial charge in [-0.05, 0) is 41.5 Å². The Kier molecular flexibility index (Phi) is 4.25. The zero-order valence-corrected chi connectivity index (χ0v) is 15.7. The van der Waals surface area contributed by atoms with Crippen LogP contribution in [0.4, 0.5) is 0 Å². The van der Waals surface area contributed by atoms with Crippen molar-refractivity contribution in [3.8, 4) is 0 Å². The van der Waals surface area contributed by atoms with E-state index in [1.807, 2.05) is 6.92 Å². The number of hydrogen-bond donors (Lipinski definition) is 2. The van der Waals surface area contributed by atoms with Gasteiger partial charge in [-0.1, -0.05) is 48.5 Å². The maximum absolute atomic E-state index is 12.7. The van der Waals surface area contributed by atoms with Crippen molar-refractivity contribution in [3.05, 3.63) is 70.8 Å². The molecule has 2 N–H and O–H groups in total. The van der Waals surface area contributed by atoms with Crippen molar-refractivity contribution in [2.24, 2.45) is 5.92 Å². The highest BCUT2D eigenvalue weighted by Gasteiger charge is 2.43. The van der Waals surface area contributed by atoms with Crippen LogP contribution in [0.1, 0.15) is 47.4 Å².